The largest absolute Gasteiger partial charge is 0.382 e. The quantitative estimate of drug-likeness (QED) is 0.634. The Morgan fingerprint density at radius 1 is 1.43 bits per heavy atom. The minimum Gasteiger partial charge on any atom is -0.382 e. The molecular weight excluding hydrogens is 178 g/mol. The second kappa shape index (κ2) is 4.36. The van der Waals surface area contributed by atoms with Crippen LogP contribution in [0.5, 0.6) is 0 Å². The van der Waals surface area contributed by atoms with Crippen LogP contribution in [0.3, 0.4) is 0 Å². The van der Waals surface area contributed by atoms with E-state index in [1.807, 2.05) is 14.0 Å². The zero-order valence-corrected chi connectivity index (χ0v) is 8.31. The summed E-state index contributed by atoms with van der Waals surface area (Å²) >= 11 is 0. The maximum Gasteiger partial charge on any atom is 0.165 e. The smallest absolute Gasteiger partial charge is 0.165 e. The number of anilines is 1. The Hall–Kier alpha value is -1.91. The fourth-order valence-corrected chi connectivity index (χ4v) is 0.964. The molecular formula is C9H13N5. The summed E-state index contributed by atoms with van der Waals surface area (Å²) in [5.41, 5.74) is 6.97. The molecule has 0 radical (unpaired) electrons. The molecule has 2 N–H and O–H groups in total. The molecule has 0 aliphatic heterocycles. The van der Waals surface area contributed by atoms with Gasteiger partial charge in [0.2, 0.25) is 0 Å². The Morgan fingerprint density at radius 2 is 2.07 bits per heavy atom. The van der Waals surface area contributed by atoms with Gasteiger partial charge in [0.1, 0.15) is 11.8 Å². The molecule has 2 aromatic rings. The van der Waals surface area contributed by atoms with Crippen molar-refractivity contribution in [2.75, 3.05) is 5.73 Å². The van der Waals surface area contributed by atoms with Crippen LogP contribution in [0, 0.1) is 0 Å². The lowest BCUT2D eigenvalue weighted by Gasteiger charge is -1.92. The van der Waals surface area contributed by atoms with Gasteiger partial charge < -0.3 is 10.3 Å². The number of aromatic nitrogens is 4. The van der Waals surface area contributed by atoms with Gasteiger partial charge in [-0.3, -0.25) is 0 Å². The maximum atomic E-state index is 5.54. The van der Waals surface area contributed by atoms with Crippen molar-refractivity contribution in [3.63, 3.8) is 0 Å². The summed E-state index contributed by atoms with van der Waals surface area (Å²) in [4.78, 5) is 11.9. The van der Waals surface area contributed by atoms with Crippen molar-refractivity contribution in [2.45, 2.75) is 6.92 Å². The predicted octanol–water partition coefficient (Wildman–Crippen LogP) is 1.14. The van der Waals surface area contributed by atoms with E-state index in [-0.39, 0.29) is 0 Å². The third-order valence-electron chi connectivity index (χ3n) is 1.53. The molecule has 0 fully saturated rings. The monoisotopic (exact) mass is 191 g/mol. The van der Waals surface area contributed by atoms with Crippen LogP contribution in [0.15, 0.2) is 25.3 Å². The number of aryl methyl sites for hydroxylation is 1. The van der Waals surface area contributed by atoms with Crippen LogP contribution < -0.4 is 5.73 Å². The average molecular weight is 191 g/mol. The van der Waals surface area contributed by atoms with Crippen LogP contribution in [0.2, 0.25) is 0 Å². The van der Waals surface area contributed by atoms with E-state index < -0.39 is 0 Å². The van der Waals surface area contributed by atoms with Crippen LogP contribution in [-0.4, -0.2) is 19.5 Å². The van der Waals surface area contributed by atoms with Crippen LogP contribution in [0.1, 0.15) is 6.92 Å². The molecule has 0 aliphatic rings. The molecule has 0 bridgehead atoms. The van der Waals surface area contributed by atoms with Gasteiger partial charge in [0.05, 0.1) is 6.33 Å². The molecule has 14 heavy (non-hydrogen) atoms. The summed E-state index contributed by atoms with van der Waals surface area (Å²) in [5.74, 6) is 0.426. The highest BCUT2D eigenvalue weighted by molar-refractivity contribution is 5.80. The normalized spacial score (nSPS) is 9.29. The number of imidazole rings is 1. The van der Waals surface area contributed by atoms with Crippen molar-refractivity contribution in [1.29, 1.82) is 0 Å². The number of nitrogens with zero attached hydrogens (tertiary/aromatic N) is 4. The fraction of sp³-hybridized carbons (Fsp3) is 0.222. The van der Waals surface area contributed by atoms with Crippen molar-refractivity contribution in [3.05, 3.63) is 25.3 Å². The van der Waals surface area contributed by atoms with Gasteiger partial charge in [-0.05, 0) is 6.92 Å². The van der Waals surface area contributed by atoms with Crippen molar-refractivity contribution in [2.24, 2.45) is 7.05 Å². The standard InChI is InChI=1S/C6H7N5.C3H6/c1-11-3-10-4-5(7)8-2-9-6(4)11;1-3-2/h2-3H,1H3,(H2,7,8,9);3H,1H2,2H3. The minimum absolute atomic E-state index is 0.426. The lowest BCUT2D eigenvalue weighted by molar-refractivity contribution is 0.928. The molecule has 74 valence electrons. The van der Waals surface area contributed by atoms with Gasteiger partial charge in [-0.2, -0.15) is 0 Å². The molecule has 0 saturated carbocycles. The van der Waals surface area contributed by atoms with Gasteiger partial charge in [0.25, 0.3) is 0 Å². The first-order chi connectivity index (χ1) is 6.70. The maximum absolute atomic E-state index is 5.54. The number of nitrogens with two attached hydrogens (primary N) is 1. The zero-order chi connectivity index (χ0) is 10.6. The van der Waals surface area contributed by atoms with E-state index in [0.717, 1.165) is 5.65 Å². The molecule has 0 saturated heterocycles. The summed E-state index contributed by atoms with van der Waals surface area (Å²) in [7, 11) is 1.86. The summed E-state index contributed by atoms with van der Waals surface area (Å²) < 4.78 is 1.80. The third kappa shape index (κ3) is 1.87. The molecule has 2 rings (SSSR count). The van der Waals surface area contributed by atoms with E-state index in [1.54, 1.807) is 17.0 Å². The highest BCUT2D eigenvalue weighted by Gasteiger charge is 2.03. The summed E-state index contributed by atoms with van der Waals surface area (Å²) in [6, 6.07) is 0. The average Bonchev–Trinajstić information content (AvgIpc) is 2.51. The molecule has 5 heteroatoms. The van der Waals surface area contributed by atoms with E-state index in [2.05, 4.69) is 21.5 Å². The highest BCUT2D eigenvalue weighted by atomic mass is 15.1. The first-order valence-corrected chi connectivity index (χ1v) is 4.15. The first-order valence-electron chi connectivity index (χ1n) is 4.15. The van der Waals surface area contributed by atoms with E-state index >= 15 is 0 Å². The number of hydrogen-bond donors (Lipinski definition) is 1. The van der Waals surface area contributed by atoms with Crippen LogP contribution in [0.25, 0.3) is 11.2 Å². The number of nitrogen functional groups attached to an aromatic ring is 1. The number of allylic oxidation sites excluding steroid dienone is 1. The highest BCUT2D eigenvalue weighted by Crippen LogP contribution is 2.11. The van der Waals surface area contributed by atoms with Gasteiger partial charge in [0, 0.05) is 7.05 Å². The Morgan fingerprint density at radius 3 is 2.64 bits per heavy atom. The van der Waals surface area contributed by atoms with Crippen molar-refractivity contribution in [3.8, 4) is 0 Å². The summed E-state index contributed by atoms with van der Waals surface area (Å²) in [6.45, 7) is 5.25. The van der Waals surface area contributed by atoms with Gasteiger partial charge in [-0.15, -0.1) is 6.58 Å². The van der Waals surface area contributed by atoms with Crippen LogP contribution in [0.4, 0.5) is 5.82 Å². The summed E-state index contributed by atoms with van der Waals surface area (Å²) in [6.07, 6.45) is 4.84. The van der Waals surface area contributed by atoms with E-state index in [0.29, 0.717) is 11.3 Å². The van der Waals surface area contributed by atoms with Crippen LogP contribution in [-0.2, 0) is 7.05 Å². The van der Waals surface area contributed by atoms with Gasteiger partial charge >= 0.3 is 0 Å². The molecule has 0 spiro atoms. The Labute approximate surface area is 82.3 Å². The topological polar surface area (TPSA) is 69.6 Å². The third-order valence-corrected chi connectivity index (χ3v) is 1.53. The van der Waals surface area contributed by atoms with Crippen molar-refractivity contribution < 1.29 is 0 Å². The Balaban J connectivity index is 0.000000293. The second-order valence-corrected chi connectivity index (χ2v) is 2.69. The summed E-state index contributed by atoms with van der Waals surface area (Å²) in [5, 5.41) is 0. The molecule has 2 heterocycles. The zero-order valence-electron chi connectivity index (χ0n) is 8.31. The number of fused-ring (bicyclic) bond motifs is 1. The fourth-order valence-electron chi connectivity index (χ4n) is 0.964. The Bertz CT molecular complexity index is 432. The lowest BCUT2D eigenvalue weighted by Crippen LogP contribution is -1.94. The van der Waals surface area contributed by atoms with E-state index in [4.69, 9.17) is 5.73 Å². The van der Waals surface area contributed by atoms with E-state index in [9.17, 15) is 0 Å². The van der Waals surface area contributed by atoms with E-state index in [1.165, 1.54) is 6.33 Å². The van der Waals surface area contributed by atoms with Crippen molar-refractivity contribution in [1.82, 2.24) is 19.5 Å². The molecule has 0 atom stereocenters. The second-order valence-electron chi connectivity index (χ2n) is 2.69. The molecule has 0 amide bonds. The molecule has 0 unspecified atom stereocenters. The van der Waals surface area contributed by atoms with Gasteiger partial charge in [-0.1, -0.05) is 6.08 Å². The van der Waals surface area contributed by atoms with Crippen molar-refractivity contribution >= 4 is 17.0 Å². The molecule has 2 aromatic heterocycles. The first kappa shape index (κ1) is 10.2. The Kier molecular flexibility index (Phi) is 3.17. The lowest BCUT2D eigenvalue weighted by atomic mass is 10.5. The van der Waals surface area contributed by atoms with Crippen LogP contribution >= 0.6 is 0 Å². The number of rotatable bonds is 0. The van der Waals surface area contributed by atoms with Gasteiger partial charge in [0.15, 0.2) is 11.5 Å². The SMILES string of the molecule is C=CC.Cn1cnc2c(N)ncnc21. The molecule has 0 aromatic carbocycles. The minimum atomic E-state index is 0.426. The predicted molar refractivity (Wildman–Crippen MR) is 56.6 cm³/mol. The molecule has 5 nitrogen and oxygen atoms in total. The van der Waals surface area contributed by atoms with Gasteiger partial charge in [-0.25, -0.2) is 15.0 Å². The number of hydrogen-bond acceptors (Lipinski definition) is 4. The molecule has 0 aliphatic carbocycles.